The van der Waals surface area contributed by atoms with E-state index < -0.39 is 0 Å². The third-order valence-electron chi connectivity index (χ3n) is 2.53. The third-order valence-corrected chi connectivity index (χ3v) is 2.53. The normalized spacial score (nSPS) is 10.1. The fourth-order valence-electron chi connectivity index (χ4n) is 1.51. The minimum absolute atomic E-state index is 0.805. The van der Waals surface area contributed by atoms with E-state index in [2.05, 4.69) is 36.5 Å². The zero-order valence-electron chi connectivity index (χ0n) is 9.40. The molecule has 3 N–H and O–H groups in total. The Kier molecular flexibility index (Phi) is 3.10. The molecule has 0 saturated carbocycles. The van der Waals surface area contributed by atoms with Gasteiger partial charge in [0, 0.05) is 17.9 Å². The van der Waals surface area contributed by atoms with E-state index in [1.807, 2.05) is 24.3 Å². The van der Waals surface area contributed by atoms with Crippen LogP contribution in [0.3, 0.4) is 0 Å². The molecule has 0 bridgehead atoms. The summed E-state index contributed by atoms with van der Waals surface area (Å²) in [6.07, 6.45) is 0. The lowest BCUT2D eigenvalue weighted by Gasteiger charge is -2.07. The van der Waals surface area contributed by atoms with Crippen molar-refractivity contribution < 1.29 is 0 Å². The van der Waals surface area contributed by atoms with Gasteiger partial charge in [-0.3, -0.25) is 0 Å². The van der Waals surface area contributed by atoms with Gasteiger partial charge in [0.25, 0.3) is 0 Å². The van der Waals surface area contributed by atoms with Gasteiger partial charge in [-0.25, -0.2) is 0 Å². The molecule has 0 radical (unpaired) electrons. The van der Waals surface area contributed by atoms with E-state index in [1.54, 1.807) is 0 Å². The van der Waals surface area contributed by atoms with Crippen molar-refractivity contribution in [2.45, 2.75) is 13.5 Å². The van der Waals surface area contributed by atoms with E-state index in [0.29, 0.717) is 0 Å². The van der Waals surface area contributed by atoms with E-state index in [9.17, 15) is 0 Å². The van der Waals surface area contributed by atoms with Crippen molar-refractivity contribution in [3.63, 3.8) is 0 Å². The lowest BCUT2D eigenvalue weighted by atomic mass is 10.2. The standard InChI is InChI=1S/C14H16N2/c1-11-2-8-14(9-3-11)16-10-12-4-6-13(15)7-5-12/h2-9,16H,10,15H2,1H3. The first-order valence-corrected chi connectivity index (χ1v) is 5.39. The van der Waals surface area contributed by atoms with Gasteiger partial charge in [0.05, 0.1) is 0 Å². The summed E-state index contributed by atoms with van der Waals surface area (Å²) in [7, 11) is 0. The van der Waals surface area contributed by atoms with Gasteiger partial charge >= 0.3 is 0 Å². The highest BCUT2D eigenvalue weighted by atomic mass is 14.9. The third kappa shape index (κ3) is 2.76. The van der Waals surface area contributed by atoms with E-state index in [-0.39, 0.29) is 0 Å². The second-order valence-electron chi connectivity index (χ2n) is 3.96. The molecule has 2 aromatic rings. The molecule has 0 aliphatic heterocycles. The van der Waals surface area contributed by atoms with Crippen molar-refractivity contribution in [1.29, 1.82) is 0 Å². The zero-order valence-corrected chi connectivity index (χ0v) is 9.40. The van der Waals surface area contributed by atoms with Crippen molar-refractivity contribution in [2.24, 2.45) is 0 Å². The lowest BCUT2D eigenvalue weighted by Crippen LogP contribution is -1.99. The maximum absolute atomic E-state index is 5.63. The van der Waals surface area contributed by atoms with Crippen molar-refractivity contribution in [3.05, 3.63) is 59.7 Å². The minimum Gasteiger partial charge on any atom is -0.399 e. The van der Waals surface area contributed by atoms with Crippen molar-refractivity contribution in [1.82, 2.24) is 0 Å². The van der Waals surface area contributed by atoms with Crippen LogP contribution in [0.5, 0.6) is 0 Å². The van der Waals surface area contributed by atoms with Crippen LogP contribution in [0.15, 0.2) is 48.5 Å². The molecule has 0 amide bonds. The van der Waals surface area contributed by atoms with Crippen molar-refractivity contribution in [2.75, 3.05) is 11.1 Å². The average molecular weight is 212 g/mol. The number of benzene rings is 2. The molecular formula is C14H16N2. The molecule has 2 nitrogen and oxygen atoms in total. The Bertz CT molecular complexity index is 398. The molecule has 0 fully saturated rings. The van der Waals surface area contributed by atoms with E-state index in [0.717, 1.165) is 17.9 Å². The van der Waals surface area contributed by atoms with Crippen LogP contribution >= 0.6 is 0 Å². The molecule has 16 heavy (non-hydrogen) atoms. The van der Waals surface area contributed by atoms with Gasteiger partial charge in [-0.2, -0.15) is 0 Å². The van der Waals surface area contributed by atoms with E-state index in [4.69, 9.17) is 5.73 Å². The van der Waals surface area contributed by atoms with Crippen LogP contribution in [0.2, 0.25) is 0 Å². The summed E-state index contributed by atoms with van der Waals surface area (Å²) >= 11 is 0. The smallest absolute Gasteiger partial charge is 0.0400 e. The summed E-state index contributed by atoms with van der Waals surface area (Å²) in [5.41, 5.74) is 10.1. The van der Waals surface area contributed by atoms with Gasteiger partial charge in [-0.1, -0.05) is 29.8 Å². The number of nitrogens with one attached hydrogen (secondary N) is 1. The SMILES string of the molecule is Cc1ccc(NCc2ccc(N)cc2)cc1. The Balaban J connectivity index is 1.97. The molecule has 82 valence electrons. The van der Waals surface area contributed by atoms with Crippen LogP contribution in [0, 0.1) is 6.92 Å². The number of rotatable bonds is 3. The number of aryl methyl sites for hydroxylation is 1. The Morgan fingerprint density at radius 2 is 1.56 bits per heavy atom. The highest BCUT2D eigenvalue weighted by Crippen LogP contribution is 2.11. The number of anilines is 2. The molecule has 0 atom stereocenters. The molecule has 2 rings (SSSR count). The van der Waals surface area contributed by atoms with Crippen molar-refractivity contribution in [3.8, 4) is 0 Å². The van der Waals surface area contributed by atoms with E-state index >= 15 is 0 Å². The maximum Gasteiger partial charge on any atom is 0.0400 e. The molecule has 0 spiro atoms. The van der Waals surface area contributed by atoms with Gasteiger partial charge in [0.15, 0.2) is 0 Å². The van der Waals surface area contributed by atoms with Gasteiger partial charge < -0.3 is 11.1 Å². The van der Waals surface area contributed by atoms with Gasteiger partial charge in [-0.05, 0) is 36.8 Å². The van der Waals surface area contributed by atoms with Gasteiger partial charge in [0.1, 0.15) is 0 Å². The average Bonchev–Trinajstić information content (AvgIpc) is 2.30. The maximum atomic E-state index is 5.63. The Hall–Kier alpha value is -1.96. The summed E-state index contributed by atoms with van der Waals surface area (Å²) in [6.45, 7) is 2.91. The van der Waals surface area contributed by atoms with Crippen LogP contribution in [0.1, 0.15) is 11.1 Å². The van der Waals surface area contributed by atoms with Crippen molar-refractivity contribution >= 4 is 11.4 Å². The molecule has 0 heterocycles. The second kappa shape index (κ2) is 4.71. The largest absolute Gasteiger partial charge is 0.399 e. The molecule has 0 unspecified atom stereocenters. The van der Waals surface area contributed by atoms with E-state index in [1.165, 1.54) is 11.1 Å². The van der Waals surface area contributed by atoms with Gasteiger partial charge in [0.2, 0.25) is 0 Å². The first-order chi connectivity index (χ1) is 7.74. The second-order valence-corrected chi connectivity index (χ2v) is 3.96. The molecular weight excluding hydrogens is 196 g/mol. The number of hydrogen-bond donors (Lipinski definition) is 2. The summed E-state index contributed by atoms with van der Waals surface area (Å²) < 4.78 is 0. The first kappa shape index (κ1) is 10.6. The van der Waals surface area contributed by atoms with Crippen LogP contribution in [-0.2, 0) is 6.54 Å². The van der Waals surface area contributed by atoms with Gasteiger partial charge in [-0.15, -0.1) is 0 Å². The fraction of sp³-hybridized carbons (Fsp3) is 0.143. The summed E-state index contributed by atoms with van der Waals surface area (Å²) in [6, 6.07) is 16.3. The Labute approximate surface area is 96.1 Å². The van der Waals surface area contributed by atoms with Crippen LogP contribution in [0.25, 0.3) is 0 Å². The monoisotopic (exact) mass is 212 g/mol. The first-order valence-electron chi connectivity index (χ1n) is 5.39. The zero-order chi connectivity index (χ0) is 11.4. The summed E-state index contributed by atoms with van der Waals surface area (Å²) in [5.74, 6) is 0. The number of nitrogens with two attached hydrogens (primary N) is 1. The summed E-state index contributed by atoms with van der Waals surface area (Å²) in [4.78, 5) is 0. The predicted octanol–water partition coefficient (Wildman–Crippen LogP) is 3.19. The highest BCUT2D eigenvalue weighted by Gasteiger charge is 1.93. The Morgan fingerprint density at radius 1 is 0.938 bits per heavy atom. The summed E-state index contributed by atoms with van der Waals surface area (Å²) in [5, 5.41) is 3.37. The van der Waals surface area contributed by atoms with Crippen LogP contribution in [0.4, 0.5) is 11.4 Å². The van der Waals surface area contributed by atoms with Crippen LogP contribution in [-0.4, -0.2) is 0 Å². The highest BCUT2D eigenvalue weighted by molar-refractivity contribution is 5.46. The molecule has 0 aromatic heterocycles. The minimum atomic E-state index is 0.805. The molecule has 0 aliphatic rings. The fourth-order valence-corrected chi connectivity index (χ4v) is 1.51. The quantitative estimate of drug-likeness (QED) is 0.767. The molecule has 0 saturated heterocycles. The molecule has 2 aromatic carbocycles. The number of hydrogen-bond acceptors (Lipinski definition) is 2. The predicted molar refractivity (Wildman–Crippen MR) is 69.4 cm³/mol. The van der Waals surface area contributed by atoms with Crippen LogP contribution < -0.4 is 11.1 Å². The lowest BCUT2D eigenvalue weighted by molar-refractivity contribution is 1.15. The molecule has 2 heteroatoms. The topological polar surface area (TPSA) is 38.0 Å². The Morgan fingerprint density at radius 3 is 2.19 bits per heavy atom. The molecule has 0 aliphatic carbocycles. The number of nitrogen functional groups attached to an aromatic ring is 1.